The lowest BCUT2D eigenvalue weighted by Gasteiger charge is -2.26. The normalized spacial score (nSPS) is 16.9. The highest BCUT2D eigenvalue weighted by Gasteiger charge is 2.38. The summed E-state index contributed by atoms with van der Waals surface area (Å²) in [5.74, 6) is -1.45. The third-order valence-electron chi connectivity index (χ3n) is 4.33. The standard InChI is InChI=1S/C17H24N2O5S/c1-4-11(2)18-25(23,24)15-9-5-13(6-10-15)16(20)19(14-7-8-14)12(3)17(21)22/h5-6,9-12,14,18H,4,7-8H2,1-3H3,(H,21,22). The van der Waals surface area contributed by atoms with Crippen molar-refractivity contribution in [2.24, 2.45) is 0 Å². The number of carbonyl (C=O) groups excluding carboxylic acids is 1. The lowest BCUT2D eigenvalue weighted by molar-refractivity contribution is -0.141. The molecular formula is C17H24N2O5S. The Kier molecular flexibility index (Phi) is 5.84. The van der Waals surface area contributed by atoms with Gasteiger partial charge in [0, 0.05) is 17.6 Å². The third-order valence-corrected chi connectivity index (χ3v) is 5.94. The minimum absolute atomic E-state index is 0.0610. The largest absolute Gasteiger partial charge is 0.480 e. The fourth-order valence-electron chi connectivity index (χ4n) is 2.47. The summed E-state index contributed by atoms with van der Waals surface area (Å²) < 4.78 is 27.1. The van der Waals surface area contributed by atoms with Crippen molar-refractivity contribution in [1.29, 1.82) is 0 Å². The molecule has 1 aromatic carbocycles. The third kappa shape index (κ3) is 4.58. The summed E-state index contributed by atoms with van der Waals surface area (Å²) in [5.41, 5.74) is 0.280. The van der Waals surface area contributed by atoms with Crippen molar-refractivity contribution in [3.05, 3.63) is 29.8 Å². The van der Waals surface area contributed by atoms with E-state index in [1.165, 1.54) is 36.1 Å². The average Bonchev–Trinajstić information content (AvgIpc) is 3.39. The molecule has 1 amide bonds. The van der Waals surface area contributed by atoms with Gasteiger partial charge in [-0.25, -0.2) is 17.9 Å². The molecule has 7 nitrogen and oxygen atoms in total. The number of carbonyl (C=O) groups is 2. The first-order valence-electron chi connectivity index (χ1n) is 8.35. The van der Waals surface area contributed by atoms with E-state index < -0.39 is 27.9 Å². The predicted octanol–water partition coefficient (Wildman–Crippen LogP) is 1.84. The van der Waals surface area contributed by atoms with E-state index in [1.54, 1.807) is 6.92 Å². The average molecular weight is 368 g/mol. The van der Waals surface area contributed by atoms with E-state index in [0.717, 1.165) is 12.8 Å². The molecule has 2 atom stereocenters. The number of amides is 1. The Hall–Kier alpha value is -1.93. The van der Waals surface area contributed by atoms with Crippen molar-refractivity contribution < 1.29 is 23.1 Å². The van der Waals surface area contributed by atoms with E-state index in [-0.39, 0.29) is 22.5 Å². The van der Waals surface area contributed by atoms with Gasteiger partial charge in [-0.05, 0) is 57.4 Å². The highest BCUT2D eigenvalue weighted by molar-refractivity contribution is 7.89. The van der Waals surface area contributed by atoms with Gasteiger partial charge in [-0.1, -0.05) is 6.92 Å². The second kappa shape index (κ2) is 7.53. The number of carboxylic acids is 1. The second-order valence-corrected chi connectivity index (χ2v) is 8.13. The molecule has 25 heavy (non-hydrogen) atoms. The van der Waals surface area contributed by atoms with Crippen LogP contribution in [0, 0.1) is 0 Å². The van der Waals surface area contributed by atoms with Gasteiger partial charge < -0.3 is 10.0 Å². The minimum Gasteiger partial charge on any atom is -0.480 e. The Morgan fingerprint density at radius 1 is 1.24 bits per heavy atom. The van der Waals surface area contributed by atoms with Gasteiger partial charge in [0.25, 0.3) is 5.91 Å². The first-order valence-corrected chi connectivity index (χ1v) is 9.83. The zero-order chi connectivity index (χ0) is 18.8. The van der Waals surface area contributed by atoms with Gasteiger partial charge in [0.2, 0.25) is 10.0 Å². The maximum atomic E-state index is 12.7. The molecule has 1 aromatic rings. The van der Waals surface area contributed by atoms with Gasteiger partial charge >= 0.3 is 5.97 Å². The number of nitrogens with zero attached hydrogens (tertiary/aromatic N) is 1. The van der Waals surface area contributed by atoms with Crippen molar-refractivity contribution in [2.75, 3.05) is 0 Å². The zero-order valence-corrected chi connectivity index (χ0v) is 15.4. The van der Waals surface area contributed by atoms with Gasteiger partial charge in [-0.2, -0.15) is 0 Å². The zero-order valence-electron chi connectivity index (χ0n) is 14.6. The SMILES string of the molecule is CCC(C)NS(=O)(=O)c1ccc(C(=O)N(C2CC2)C(C)C(=O)O)cc1. The lowest BCUT2D eigenvalue weighted by Crippen LogP contribution is -2.44. The monoisotopic (exact) mass is 368 g/mol. The van der Waals surface area contributed by atoms with Crippen molar-refractivity contribution in [3.63, 3.8) is 0 Å². The smallest absolute Gasteiger partial charge is 0.326 e. The summed E-state index contributed by atoms with van der Waals surface area (Å²) in [6.07, 6.45) is 2.24. The van der Waals surface area contributed by atoms with Crippen LogP contribution in [0.3, 0.4) is 0 Å². The Balaban J connectivity index is 2.21. The predicted molar refractivity (Wildman–Crippen MR) is 92.8 cm³/mol. The van der Waals surface area contributed by atoms with Gasteiger partial charge in [0.15, 0.2) is 0 Å². The molecule has 0 heterocycles. The van der Waals surface area contributed by atoms with E-state index >= 15 is 0 Å². The fraction of sp³-hybridized carbons (Fsp3) is 0.529. The summed E-state index contributed by atoms with van der Waals surface area (Å²) in [4.78, 5) is 25.3. The summed E-state index contributed by atoms with van der Waals surface area (Å²) in [6.45, 7) is 5.13. The lowest BCUT2D eigenvalue weighted by atomic mass is 10.1. The summed E-state index contributed by atoms with van der Waals surface area (Å²) in [6, 6.07) is 4.43. The van der Waals surface area contributed by atoms with Crippen molar-refractivity contribution >= 4 is 21.9 Å². The van der Waals surface area contributed by atoms with Gasteiger partial charge in [-0.3, -0.25) is 4.79 Å². The molecule has 138 valence electrons. The molecule has 0 radical (unpaired) electrons. The molecule has 2 N–H and O–H groups in total. The van der Waals surface area contributed by atoms with Crippen molar-refractivity contribution in [1.82, 2.24) is 9.62 Å². The molecule has 2 unspecified atom stereocenters. The summed E-state index contributed by atoms with van der Waals surface area (Å²) in [5, 5.41) is 9.20. The maximum Gasteiger partial charge on any atom is 0.326 e. The molecule has 0 saturated heterocycles. The molecule has 0 bridgehead atoms. The highest BCUT2D eigenvalue weighted by Crippen LogP contribution is 2.30. The van der Waals surface area contributed by atoms with Crippen LogP contribution < -0.4 is 4.72 Å². The van der Waals surface area contributed by atoms with Crippen LogP contribution in [0.4, 0.5) is 0 Å². The number of hydrogen-bond donors (Lipinski definition) is 2. The first kappa shape index (κ1) is 19.4. The van der Waals surface area contributed by atoms with Crippen molar-refractivity contribution in [3.8, 4) is 0 Å². The second-order valence-electron chi connectivity index (χ2n) is 6.41. The van der Waals surface area contributed by atoms with E-state index in [4.69, 9.17) is 0 Å². The number of nitrogens with one attached hydrogen (secondary N) is 1. The van der Waals surface area contributed by atoms with Crippen LogP contribution in [-0.4, -0.2) is 48.4 Å². The summed E-state index contributed by atoms with van der Waals surface area (Å²) >= 11 is 0. The molecule has 0 aromatic heterocycles. The Bertz CT molecular complexity index is 741. The number of sulfonamides is 1. The fourth-order valence-corrected chi connectivity index (χ4v) is 3.80. The summed E-state index contributed by atoms with van der Waals surface area (Å²) in [7, 11) is -3.64. The van der Waals surface area contributed by atoms with E-state index in [9.17, 15) is 23.1 Å². The van der Waals surface area contributed by atoms with Crippen molar-refractivity contribution in [2.45, 2.75) is 63.1 Å². The number of hydrogen-bond acceptors (Lipinski definition) is 4. The number of carboxylic acid groups (broad SMARTS) is 1. The molecule has 1 saturated carbocycles. The van der Waals surface area contributed by atoms with Gasteiger partial charge in [0.05, 0.1) is 4.90 Å². The molecule has 1 aliphatic rings. The van der Waals surface area contributed by atoms with Gasteiger partial charge in [0.1, 0.15) is 6.04 Å². The van der Waals surface area contributed by atoms with E-state index in [2.05, 4.69) is 4.72 Å². The molecule has 1 aliphatic carbocycles. The number of rotatable bonds is 8. The van der Waals surface area contributed by atoms with Gasteiger partial charge in [-0.15, -0.1) is 0 Å². The first-order chi connectivity index (χ1) is 11.7. The van der Waals surface area contributed by atoms with Crippen LogP contribution in [0.1, 0.15) is 50.4 Å². The van der Waals surface area contributed by atoms with Crippen LogP contribution in [0.5, 0.6) is 0 Å². The minimum atomic E-state index is -3.64. The Morgan fingerprint density at radius 2 is 1.80 bits per heavy atom. The maximum absolute atomic E-state index is 12.7. The van der Waals surface area contributed by atoms with Crippen LogP contribution in [0.15, 0.2) is 29.2 Å². The van der Waals surface area contributed by atoms with Crippen LogP contribution in [-0.2, 0) is 14.8 Å². The van der Waals surface area contributed by atoms with E-state index in [0.29, 0.717) is 6.42 Å². The molecule has 0 aliphatic heterocycles. The Morgan fingerprint density at radius 3 is 2.24 bits per heavy atom. The topological polar surface area (TPSA) is 104 Å². The number of aliphatic carboxylic acids is 1. The highest BCUT2D eigenvalue weighted by atomic mass is 32.2. The Labute approximate surface area is 148 Å². The molecule has 8 heteroatoms. The molecular weight excluding hydrogens is 344 g/mol. The van der Waals surface area contributed by atoms with E-state index in [1.807, 2.05) is 6.92 Å². The van der Waals surface area contributed by atoms with Crippen LogP contribution >= 0.6 is 0 Å². The number of benzene rings is 1. The molecule has 0 spiro atoms. The quantitative estimate of drug-likeness (QED) is 0.729. The molecule has 1 fully saturated rings. The van der Waals surface area contributed by atoms with Crippen LogP contribution in [0.25, 0.3) is 0 Å². The molecule has 2 rings (SSSR count). The van der Waals surface area contributed by atoms with Crippen LogP contribution in [0.2, 0.25) is 0 Å².